The van der Waals surface area contributed by atoms with Crippen LogP contribution in [0.1, 0.15) is 36.8 Å². The highest BCUT2D eigenvalue weighted by molar-refractivity contribution is 5.85. The van der Waals surface area contributed by atoms with E-state index in [0.717, 1.165) is 25.1 Å². The third kappa shape index (κ3) is 6.25. The van der Waals surface area contributed by atoms with Gasteiger partial charge in [-0.1, -0.05) is 18.6 Å². The molecule has 1 aromatic rings. The van der Waals surface area contributed by atoms with Crippen molar-refractivity contribution < 1.29 is 5.11 Å². The van der Waals surface area contributed by atoms with Gasteiger partial charge in [-0.2, -0.15) is 0 Å². The van der Waals surface area contributed by atoms with Gasteiger partial charge in [-0.15, -0.1) is 12.4 Å². The summed E-state index contributed by atoms with van der Waals surface area (Å²) in [6.07, 6.45) is 6.20. The van der Waals surface area contributed by atoms with Gasteiger partial charge in [0.15, 0.2) is 0 Å². The molecule has 0 amide bonds. The summed E-state index contributed by atoms with van der Waals surface area (Å²) >= 11 is 0. The highest BCUT2D eigenvalue weighted by Crippen LogP contribution is 2.22. The van der Waals surface area contributed by atoms with E-state index in [4.69, 9.17) is 0 Å². The third-order valence-electron chi connectivity index (χ3n) is 4.06. The Balaban J connectivity index is 0.00000220. The van der Waals surface area contributed by atoms with Crippen molar-refractivity contribution in [1.82, 2.24) is 9.80 Å². The lowest BCUT2D eigenvalue weighted by Crippen LogP contribution is -2.29. The van der Waals surface area contributed by atoms with Crippen LogP contribution in [0.2, 0.25) is 0 Å². The fourth-order valence-electron chi connectivity index (χ4n) is 2.88. The van der Waals surface area contributed by atoms with Crippen LogP contribution in [0.4, 0.5) is 0 Å². The minimum absolute atomic E-state index is 0. The van der Waals surface area contributed by atoms with Gasteiger partial charge in [0.25, 0.3) is 0 Å². The molecule has 0 unspecified atom stereocenters. The third-order valence-corrected chi connectivity index (χ3v) is 4.06. The number of aromatic hydroxyl groups is 1. The Morgan fingerprint density at radius 3 is 2.52 bits per heavy atom. The van der Waals surface area contributed by atoms with E-state index in [9.17, 15) is 5.11 Å². The van der Waals surface area contributed by atoms with Gasteiger partial charge in [0, 0.05) is 12.1 Å². The number of hydrogen-bond acceptors (Lipinski definition) is 3. The first kappa shape index (κ1) is 18.3. The maximum atomic E-state index is 10.0. The van der Waals surface area contributed by atoms with E-state index in [1.54, 1.807) is 0 Å². The number of phenols is 1. The van der Waals surface area contributed by atoms with E-state index in [2.05, 4.69) is 36.0 Å². The quantitative estimate of drug-likeness (QED) is 0.873. The molecule has 0 spiro atoms. The van der Waals surface area contributed by atoms with Crippen LogP contribution in [-0.2, 0) is 13.0 Å². The first-order valence-electron chi connectivity index (χ1n) is 7.83. The number of phenolic OH excluding ortho intramolecular Hbond substituents is 1. The van der Waals surface area contributed by atoms with E-state index in [-0.39, 0.29) is 12.4 Å². The number of piperidine rings is 1. The van der Waals surface area contributed by atoms with Gasteiger partial charge in [-0.3, -0.25) is 4.90 Å². The standard InChI is InChI=1S/C17H28N2O.ClH/c1-18(2)10-6-7-15-8-9-17(20)16(13-15)14-19-11-4-3-5-12-19;/h8-9,13,20H,3-7,10-12,14H2,1-2H3;1H. The number of hydrogen-bond donors (Lipinski definition) is 1. The maximum absolute atomic E-state index is 10.0. The Bertz CT molecular complexity index is 417. The number of aryl methyl sites for hydroxylation is 1. The topological polar surface area (TPSA) is 26.7 Å². The van der Waals surface area contributed by atoms with Crippen LogP contribution in [-0.4, -0.2) is 48.6 Å². The predicted molar refractivity (Wildman–Crippen MR) is 91.4 cm³/mol. The van der Waals surface area contributed by atoms with Crippen molar-refractivity contribution in [2.24, 2.45) is 0 Å². The lowest BCUT2D eigenvalue weighted by atomic mass is 10.0. The molecule has 0 bridgehead atoms. The minimum atomic E-state index is 0. The molecule has 120 valence electrons. The molecular formula is C17H29ClN2O. The van der Waals surface area contributed by atoms with Crippen LogP contribution in [0.5, 0.6) is 5.75 Å². The average Bonchev–Trinajstić information content (AvgIpc) is 2.43. The van der Waals surface area contributed by atoms with Gasteiger partial charge in [0.05, 0.1) is 0 Å². The van der Waals surface area contributed by atoms with Crippen LogP contribution < -0.4 is 0 Å². The van der Waals surface area contributed by atoms with E-state index in [1.165, 1.54) is 44.3 Å². The second-order valence-corrected chi connectivity index (χ2v) is 6.21. The SMILES string of the molecule is CN(C)CCCc1ccc(O)c(CN2CCCCC2)c1.Cl. The zero-order valence-electron chi connectivity index (χ0n) is 13.3. The summed E-state index contributed by atoms with van der Waals surface area (Å²) in [5, 5.41) is 10.0. The molecule has 1 aromatic carbocycles. The van der Waals surface area contributed by atoms with Gasteiger partial charge in [0.1, 0.15) is 5.75 Å². The summed E-state index contributed by atoms with van der Waals surface area (Å²) in [4.78, 5) is 4.68. The Morgan fingerprint density at radius 2 is 1.86 bits per heavy atom. The fraction of sp³-hybridized carbons (Fsp3) is 0.647. The molecule has 0 atom stereocenters. The number of likely N-dealkylation sites (tertiary alicyclic amines) is 1. The normalized spacial score (nSPS) is 16.0. The zero-order valence-corrected chi connectivity index (χ0v) is 14.2. The maximum Gasteiger partial charge on any atom is 0.120 e. The van der Waals surface area contributed by atoms with E-state index in [1.807, 2.05) is 6.07 Å². The number of nitrogens with zero attached hydrogens (tertiary/aromatic N) is 2. The molecule has 1 N–H and O–H groups in total. The molecule has 0 aromatic heterocycles. The van der Waals surface area contributed by atoms with Gasteiger partial charge in [0.2, 0.25) is 0 Å². The summed E-state index contributed by atoms with van der Waals surface area (Å²) in [6, 6.07) is 6.12. The molecular weight excluding hydrogens is 284 g/mol. The monoisotopic (exact) mass is 312 g/mol. The lowest BCUT2D eigenvalue weighted by molar-refractivity contribution is 0.218. The fourth-order valence-corrected chi connectivity index (χ4v) is 2.88. The molecule has 2 rings (SSSR count). The summed E-state index contributed by atoms with van der Waals surface area (Å²) in [6.45, 7) is 4.35. The van der Waals surface area contributed by atoms with E-state index in [0.29, 0.717) is 5.75 Å². The number of rotatable bonds is 6. The second-order valence-electron chi connectivity index (χ2n) is 6.21. The zero-order chi connectivity index (χ0) is 14.4. The molecule has 1 saturated heterocycles. The molecule has 3 nitrogen and oxygen atoms in total. The van der Waals surface area contributed by atoms with Crippen molar-refractivity contribution in [3.05, 3.63) is 29.3 Å². The predicted octanol–water partition coefficient (Wildman–Crippen LogP) is 3.29. The first-order chi connectivity index (χ1) is 9.65. The lowest BCUT2D eigenvalue weighted by Gasteiger charge is -2.26. The smallest absolute Gasteiger partial charge is 0.120 e. The second kappa shape index (κ2) is 9.29. The largest absolute Gasteiger partial charge is 0.508 e. The highest BCUT2D eigenvalue weighted by atomic mass is 35.5. The van der Waals surface area contributed by atoms with Crippen LogP contribution in [0.15, 0.2) is 18.2 Å². The highest BCUT2D eigenvalue weighted by Gasteiger charge is 2.12. The van der Waals surface area contributed by atoms with Crippen molar-refractivity contribution >= 4 is 12.4 Å². The van der Waals surface area contributed by atoms with Gasteiger partial charge >= 0.3 is 0 Å². The van der Waals surface area contributed by atoms with E-state index < -0.39 is 0 Å². The molecule has 21 heavy (non-hydrogen) atoms. The van der Waals surface area contributed by atoms with Crippen molar-refractivity contribution in [2.75, 3.05) is 33.7 Å². The first-order valence-corrected chi connectivity index (χ1v) is 7.83. The summed E-state index contributed by atoms with van der Waals surface area (Å²) in [5.74, 6) is 0.451. The van der Waals surface area contributed by atoms with E-state index >= 15 is 0 Å². The van der Waals surface area contributed by atoms with Crippen LogP contribution in [0.25, 0.3) is 0 Å². The Morgan fingerprint density at radius 1 is 1.14 bits per heavy atom. The van der Waals surface area contributed by atoms with Crippen molar-refractivity contribution in [1.29, 1.82) is 0 Å². The van der Waals surface area contributed by atoms with Crippen molar-refractivity contribution in [3.8, 4) is 5.75 Å². The molecule has 1 aliphatic heterocycles. The minimum Gasteiger partial charge on any atom is -0.508 e. The van der Waals surface area contributed by atoms with Crippen LogP contribution in [0, 0.1) is 0 Å². The Hall–Kier alpha value is -0.770. The molecule has 0 aliphatic carbocycles. The summed E-state index contributed by atoms with van der Waals surface area (Å²) in [7, 11) is 4.22. The van der Waals surface area contributed by atoms with Crippen molar-refractivity contribution in [3.63, 3.8) is 0 Å². The molecule has 4 heteroatoms. The molecule has 1 fully saturated rings. The molecule has 0 saturated carbocycles. The van der Waals surface area contributed by atoms with Gasteiger partial charge in [-0.05, 0) is 71.0 Å². The van der Waals surface area contributed by atoms with Gasteiger partial charge in [-0.25, -0.2) is 0 Å². The van der Waals surface area contributed by atoms with Crippen LogP contribution in [0.3, 0.4) is 0 Å². The summed E-state index contributed by atoms with van der Waals surface area (Å²) < 4.78 is 0. The van der Waals surface area contributed by atoms with Crippen molar-refractivity contribution in [2.45, 2.75) is 38.6 Å². The number of benzene rings is 1. The van der Waals surface area contributed by atoms with Gasteiger partial charge < -0.3 is 10.0 Å². The summed E-state index contributed by atoms with van der Waals surface area (Å²) in [5.41, 5.74) is 2.44. The van der Waals surface area contributed by atoms with Crippen LogP contribution >= 0.6 is 12.4 Å². The Labute approximate surface area is 135 Å². The molecule has 1 aliphatic rings. The molecule has 1 heterocycles. The molecule has 0 radical (unpaired) electrons. The Kier molecular flexibility index (Phi) is 8.09. The average molecular weight is 313 g/mol. The number of halogens is 1.